The number of aliphatic hydroxyl groups is 3. The van der Waals surface area contributed by atoms with E-state index in [1.807, 2.05) is 0 Å². The summed E-state index contributed by atoms with van der Waals surface area (Å²) in [6.45, 7) is 8.54. The zero-order valence-electron chi connectivity index (χ0n) is 14.2. The fourth-order valence-corrected chi connectivity index (χ4v) is 0.882. The van der Waals surface area contributed by atoms with Crippen LogP contribution in [0.25, 0.3) is 0 Å². The van der Waals surface area contributed by atoms with Gasteiger partial charge in [-0.1, -0.05) is 0 Å². The molecule has 0 spiro atoms. The van der Waals surface area contributed by atoms with Gasteiger partial charge in [0.05, 0.1) is 17.3 Å². The average molecular weight is 469 g/mol. The van der Waals surface area contributed by atoms with Gasteiger partial charge in [0.1, 0.15) is 0 Å². The molecular weight excluding hydrogens is 443 g/mol. The number of hydrogen-bond acceptors (Lipinski definition) is 6. The molecule has 0 aromatic rings. The first-order valence-corrected chi connectivity index (χ1v) is 6.02. The summed E-state index contributed by atoms with van der Waals surface area (Å²) in [6.07, 6.45) is 3.50. The molecule has 0 aliphatic heterocycles. The van der Waals surface area contributed by atoms with Crippen LogP contribution in [0.4, 0.5) is 0 Å². The Morgan fingerprint density at radius 3 is 0.696 bits per heavy atom. The van der Waals surface area contributed by atoms with E-state index in [4.69, 9.17) is 15.3 Å². The molecule has 134 valence electrons. The summed E-state index contributed by atoms with van der Waals surface area (Å²) in [6, 6.07) is 0. The number of hydrogen-bond donors (Lipinski definition) is 3. The van der Waals surface area contributed by atoms with Gasteiger partial charge in [-0.2, -0.15) is 0 Å². The van der Waals surface area contributed by atoms with Crippen LogP contribution in [-0.4, -0.2) is 38.1 Å². The molecule has 0 radical (unpaired) electrons. The second-order valence-corrected chi connectivity index (χ2v) is 4.19. The first-order chi connectivity index (χ1) is 9.38. The maximum Gasteiger partial charge on any atom is 0.155 e. The quantitative estimate of drug-likeness (QED) is 0.428. The van der Waals surface area contributed by atoms with Crippen molar-refractivity contribution >= 4 is 17.3 Å². The third-order valence-electron chi connectivity index (χ3n) is 1.24. The molecule has 0 atom stereocenters. The zero-order chi connectivity index (χ0) is 17.6. The molecule has 7 nitrogen and oxygen atoms in total. The third-order valence-corrected chi connectivity index (χ3v) is 1.24. The predicted molar refractivity (Wildman–Crippen MR) is 84.8 cm³/mol. The molecule has 0 unspecified atom stereocenters. The van der Waals surface area contributed by atoms with Gasteiger partial charge in [-0.05, 0) is 41.5 Å². The van der Waals surface area contributed by atoms with E-state index in [0.717, 1.165) is 0 Å². The molecule has 0 amide bonds. The van der Waals surface area contributed by atoms with Gasteiger partial charge in [0.2, 0.25) is 0 Å². The van der Waals surface area contributed by atoms with Gasteiger partial charge in [0.15, 0.2) is 17.3 Å². The Balaban J connectivity index is -0.0000000675. The smallest absolute Gasteiger partial charge is 0.155 e. The number of allylic oxidation sites excluding steroid dienone is 6. The minimum absolute atomic E-state index is 0. The number of carbonyl (C=O) groups excluding carboxylic acids is 3. The molecule has 0 fully saturated rings. The number of rotatable bonds is 3. The minimum atomic E-state index is -0.125. The maximum atomic E-state index is 10.0. The molecule has 5 N–H and O–H groups in total. The Morgan fingerprint density at radius 1 is 0.565 bits per heavy atom. The van der Waals surface area contributed by atoms with Crippen molar-refractivity contribution < 1.29 is 75.6 Å². The van der Waals surface area contributed by atoms with Gasteiger partial charge < -0.3 is 20.8 Å². The van der Waals surface area contributed by atoms with Crippen molar-refractivity contribution in [1.29, 1.82) is 0 Å². The second kappa shape index (κ2) is 20.9. The standard InChI is InChI=1S/3C5H8O2.H2O.Sm/c3*1-4(6)3-5(2)7;;/h3*3,6H,1-2H3;1H2;. The number of carbonyl (C=O) groups is 3. The van der Waals surface area contributed by atoms with Crippen LogP contribution < -0.4 is 0 Å². The fraction of sp³-hybridized carbons (Fsp3) is 0.400. The van der Waals surface area contributed by atoms with E-state index in [-0.39, 0.29) is 80.5 Å². The van der Waals surface area contributed by atoms with Gasteiger partial charge in [0.25, 0.3) is 0 Å². The van der Waals surface area contributed by atoms with Crippen LogP contribution in [0.5, 0.6) is 0 Å². The van der Waals surface area contributed by atoms with Crippen LogP contribution in [-0.2, 0) is 14.4 Å². The molecule has 23 heavy (non-hydrogen) atoms. The van der Waals surface area contributed by atoms with E-state index in [0.29, 0.717) is 0 Å². The first kappa shape index (κ1) is 33.5. The van der Waals surface area contributed by atoms with Crippen molar-refractivity contribution in [3.63, 3.8) is 0 Å². The Kier molecular flexibility index (Phi) is 30.5. The Hall–Kier alpha value is -1.07. The maximum absolute atomic E-state index is 10.0. The largest absolute Gasteiger partial charge is 0.512 e. The minimum Gasteiger partial charge on any atom is -0.512 e. The topological polar surface area (TPSA) is 143 Å². The molecular formula is C15H26O7Sm. The van der Waals surface area contributed by atoms with E-state index < -0.39 is 0 Å². The van der Waals surface area contributed by atoms with Gasteiger partial charge in [-0.25, -0.2) is 0 Å². The van der Waals surface area contributed by atoms with Crippen LogP contribution in [0.3, 0.4) is 0 Å². The summed E-state index contributed by atoms with van der Waals surface area (Å²) in [4.78, 5) is 30.1. The van der Waals surface area contributed by atoms with Gasteiger partial charge in [0, 0.05) is 58.6 Å². The van der Waals surface area contributed by atoms with Gasteiger partial charge >= 0.3 is 0 Å². The van der Waals surface area contributed by atoms with E-state index in [1.54, 1.807) is 0 Å². The molecule has 0 rings (SSSR count). The Morgan fingerprint density at radius 2 is 0.696 bits per heavy atom. The second-order valence-electron chi connectivity index (χ2n) is 4.19. The third kappa shape index (κ3) is 62.8. The van der Waals surface area contributed by atoms with Crippen LogP contribution in [0.1, 0.15) is 41.5 Å². The van der Waals surface area contributed by atoms with E-state index in [1.165, 1.54) is 59.8 Å². The zero-order valence-corrected chi connectivity index (χ0v) is 16.8. The molecule has 0 aromatic heterocycles. The molecule has 0 bridgehead atoms. The van der Waals surface area contributed by atoms with E-state index in [2.05, 4.69) is 0 Å². The van der Waals surface area contributed by atoms with E-state index >= 15 is 0 Å². The Bertz CT molecular complexity index is 370. The van der Waals surface area contributed by atoms with Gasteiger partial charge in [-0.3, -0.25) is 14.4 Å². The van der Waals surface area contributed by atoms with Crippen molar-refractivity contribution in [2.75, 3.05) is 0 Å². The fourth-order valence-electron chi connectivity index (χ4n) is 0.882. The van der Waals surface area contributed by atoms with Crippen molar-refractivity contribution in [3.05, 3.63) is 35.5 Å². The molecule has 8 heteroatoms. The van der Waals surface area contributed by atoms with Crippen LogP contribution >= 0.6 is 0 Å². The van der Waals surface area contributed by atoms with Crippen LogP contribution in [0.2, 0.25) is 0 Å². The normalized spacial score (nSPS) is 10.4. The van der Waals surface area contributed by atoms with Crippen LogP contribution in [0, 0.1) is 40.4 Å². The Labute approximate surface area is 169 Å². The average Bonchev–Trinajstić information content (AvgIpc) is 2.10. The predicted octanol–water partition coefficient (Wildman–Crippen LogP) is 2.29. The van der Waals surface area contributed by atoms with Crippen molar-refractivity contribution in [2.24, 2.45) is 0 Å². The molecule has 0 saturated carbocycles. The molecule has 0 saturated heterocycles. The number of aliphatic hydroxyl groups excluding tert-OH is 3. The first-order valence-electron chi connectivity index (χ1n) is 6.02. The number of ketones is 3. The SMILES string of the molecule is CC(=O)C=C(C)O.CC(=O)C=C(C)O.CC(=O)C=C(C)O.O.[Sm]. The van der Waals surface area contributed by atoms with Crippen molar-refractivity contribution in [2.45, 2.75) is 41.5 Å². The monoisotopic (exact) mass is 470 g/mol. The summed E-state index contributed by atoms with van der Waals surface area (Å²) in [5.41, 5.74) is 0. The van der Waals surface area contributed by atoms with Crippen molar-refractivity contribution in [1.82, 2.24) is 0 Å². The summed E-state index contributed by atoms with van der Waals surface area (Å²) in [7, 11) is 0. The molecule has 0 heterocycles. The summed E-state index contributed by atoms with van der Waals surface area (Å²) < 4.78 is 0. The van der Waals surface area contributed by atoms with E-state index in [9.17, 15) is 14.4 Å². The van der Waals surface area contributed by atoms with Gasteiger partial charge in [-0.15, -0.1) is 0 Å². The van der Waals surface area contributed by atoms with Crippen molar-refractivity contribution in [3.8, 4) is 0 Å². The summed E-state index contributed by atoms with van der Waals surface area (Å²) in [5, 5.41) is 25.1. The molecule has 0 aliphatic rings. The molecule has 0 aliphatic carbocycles. The summed E-state index contributed by atoms with van der Waals surface area (Å²) in [5.74, 6) is -0.187. The van der Waals surface area contributed by atoms with Crippen LogP contribution in [0.15, 0.2) is 35.5 Å². The molecule has 0 aromatic carbocycles. The summed E-state index contributed by atoms with van der Waals surface area (Å²) >= 11 is 0.